The summed E-state index contributed by atoms with van der Waals surface area (Å²) in [5.41, 5.74) is 6.36. The molecule has 0 aromatic heterocycles. The highest BCUT2D eigenvalue weighted by molar-refractivity contribution is 9.10. The van der Waals surface area contributed by atoms with Crippen molar-refractivity contribution in [3.05, 3.63) is 57.3 Å². The fourth-order valence-electron chi connectivity index (χ4n) is 1.54. The van der Waals surface area contributed by atoms with Gasteiger partial charge in [-0.2, -0.15) is 8.78 Å². The van der Waals surface area contributed by atoms with E-state index in [1.807, 2.05) is 0 Å². The molecule has 0 amide bonds. The molecule has 0 spiro atoms. The largest absolute Gasteiger partial charge is 0.483 e. The first kappa shape index (κ1) is 15.6. The summed E-state index contributed by atoms with van der Waals surface area (Å²) in [7, 11) is 0. The van der Waals surface area contributed by atoms with Gasteiger partial charge in [0.2, 0.25) is 29.1 Å². The Balaban J connectivity index is 2.32. The van der Waals surface area contributed by atoms with Gasteiger partial charge < -0.3 is 10.5 Å². The lowest BCUT2D eigenvalue weighted by Crippen LogP contribution is -2.07. The minimum atomic E-state index is -2.23. The van der Waals surface area contributed by atoms with Crippen LogP contribution in [0.15, 0.2) is 22.7 Å². The van der Waals surface area contributed by atoms with E-state index < -0.39 is 41.4 Å². The molecule has 21 heavy (non-hydrogen) atoms. The van der Waals surface area contributed by atoms with E-state index in [-0.39, 0.29) is 0 Å². The fraction of sp³-hybridized carbons (Fsp3) is 0.0769. The van der Waals surface area contributed by atoms with Gasteiger partial charge in [-0.15, -0.1) is 0 Å². The molecular weight excluding hydrogens is 361 g/mol. The van der Waals surface area contributed by atoms with Crippen molar-refractivity contribution in [3.8, 4) is 5.75 Å². The fourth-order valence-corrected chi connectivity index (χ4v) is 2.05. The highest BCUT2D eigenvalue weighted by Crippen LogP contribution is 2.30. The second kappa shape index (κ2) is 5.88. The van der Waals surface area contributed by atoms with Crippen LogP contribution in [0.3, 0.4) is 0 Å². The molecule has 0 atom stereocenters. The molecule has 0 aliphatic heterocycles. The molecule has 0 heterocycles. The van der Waals surface area contributed by atoms with Crippen molar-refractivity contribution in [1.82, 2.24) is 0 Å². The molecule has 0 fully saturated rings. The summed E-state index contributed by atoms with van der Waals surface area (Å²) in [6.45, 7) is -0.404. The van der Waals surface area contributed by atoms with Crippen LogP contribution in [0.25, 0.3) is 0 Å². The summed E-state index contributed by atoms with van der Waals surface area (Å²) in [5, 5.41) is 0. The van der Waals surface area contributed by atoms with E-state index in [9.17, 15) is 22.0 Å². The molecule has 8 heteroatoms. The van der Waals surface area contributed by atoms with Crippen LogP contribution < -0.4 is 10.5 Å². The number of nitrogens with two attached hydrogens (primary N) is 1. The summed E-state index contributed by atoms with van der Waals surface area (Å²) < 4.78 is 70.8. The smallest absolute Gasteiger partial charge is 0.207 e. The lowest BCUT2D eigenvalue weighted by atomic mass is 10.2. The first-order valence-electron chi connectivity index (χ1n) is 5.51. The number of halogens is 6. The zero-order valence-electron chi connectivity index (χ0n) is 10.2. The van der Waals surface area contributed by atoms with E-state index in [1.165, 1.54) is 18.2 Å². The van der Waals surface area contributed by atoms with Gasteiger partial charge in [-0.1, -0.05) is 22.0 Å². The molecule has 0 bridgehead atoms. The maximum absolute atomic E-state index is 13.4. The molecule has 2 rings (SSSR count). The Kier molecular flexibility index (Phi) is 4.36. The van der Waals surface area contributed by atoms with Crippen molar-refractivity contribution >= 4 is 21.6 Å². The van der Waals surface area contributed by atoms with Gasteiger partial charge in [0.25, 0.3) is 0 Å². The molecule has 0 saturated carbocycles. The third-order valence-corrected chi connectivity index (χ3v) is 3.36. The molecule has 0 unspecified atom stereocenters. The third-order valence-electron chi connectivity index (χ3n) is 2.62. The van der Waals surface area contributed by atoms with Crippen LogP contribution in [0, 0.1) is 29.1 Å². The topological polar surface area (TPSA) is 35.2 Å². The van der Waals surface area contributed by atoms with Gasteiger partial charge in [0.15, 0.2) is 5.75 Å². The lowest BCUT2D eigenvalue weighted by molar-refractivity contribution is 0.253. The second-order valence-electron chi connectivity index (χ2n) is 4.04. The highest BCUT2D eigenvalue weighted by Gasteiger charge is 2.27. The van der Waals surface area contributed by atoms with Gasteiger partial charge in [-0.25, -0.2) is 13.2 Å². The van der Waals surface area contributed by atoms with E-state index in [0.717, 1.165) is 0 Å². The van der Waals surface area contributed by atoms with Gasteiger partial charge in [0.05, 0.1) is 0 Å². The standard InChI is InChI=1S/C13H7BrF5NO/c14-7-3-6(20)2-1-5(7)4-21-13-11(18)9(16)8(15)10(17)12(13)19/h1-3H,4,20H2. The van der Waals surface area contributed by atoms with Gasteiger partial charge in [-0.3, -0.25) is 0 Å². The van der Waals surface area contributed by atoms with E-state index in [2.05, 4.69) is 15.9 Å². The van der Waals surface area contributed by atoms with E-state index in [0.29, 0.717) is 15.7 Å². The average molecular weight is 368 g/mol. The van der Waals surface area contributed by atoms with E-state index in [4.69, 9.17) is 10.5 Å². The van der Waals surface area contributed by atoms with Crippen LogP contribution in [0.1, 0.15) is 5.56 Å². The monoisotopic (exact) mass is 367 g/mol. The first-order valence-corrected chi connectivity index (χ1v) is 6.30. The van der Waals surface area contributed by atoms with Gasteiger partial charge in [0.1, 0.15) is 6.61 Å². The Morgan fingerprint density at radius 3 is 1.95 bits per heavy atom. The Bertz CT molecular complexity index is 678. The lowest BCUT2D eigenvalue weighted by Gasteiger charge is -2.11. The van der Waals surface area contributed by atoms with Crippen molar-refractivity contribution in [3.63, 3.8) is 0 Å². The van der Waals surface area contributed by atoms with Gasteiger partial charge in [0, 0.05) is 15.7 Å². The molecule has 2 nitrogen and oxygen atoms in total. The van der Waals surface area contributed by atoms with Crippen molar-refractivity contribution in [2.24, 2.45) is 0 Å². The van der Waals surface area contributed by atoms with Crippen LogP contribution >= 0.6 is 15.9 Å². The Labute approximate surface area is 124 Å². The zero-order chi connectivity index (χ0) is 15.7. The van der Waals surface area contributed by atoms with Crippen molar-refractivity contribution in [2.75, 3.05) is 5.73 Å². The molecule has 2 N–H and O–H groups in total. The van der Waals surface area contributed by atoms with Crippen LogP contribution in [-0.4, -0.2) is 0 Å². The van der Waals surface area contributed by atoms with Crippen LogP contribution in [-0.2, 0) is 6.61 Å². The Hall–Kier alpha value is -1.83. The Morgan fingerprint density at radius 1 is 0.905 bits per heavy atom. The summed E-state index contributed by atoms with van der Waals surface area (Å²) in [5.74, 6) is -11.7. The minimum Gasteiger partial charge on any atom is -0.483 e. The first-order chi connectivity index (χ1) is 9.82. The summed E-state index contributed by atoms with van der Waals surface area (Å²) in [6.07, 6.45) is 0. The Morgan fingerprint density at radius 2 is 1.43 bits per heavy atom. The maximum Gasteiger partial charge on any atom is 0.207 e. The summed E-state index contributed by atoms with van der Waals surface area (Å²) in [4.78, 5) is 0. The molecule has 112 valence electrons. The summed E-state index contributed by atoms with van der Waals surface area (Å²) in [6, 6.07) is 4.50. The molecule has 0 radical (unpaired) electrons. The third kappa shape index (κ3) is 2.94. The quantitative estimate of drug-likeness (QED) is 0.379. The van der Waals surface area contributed by atoms with Crippen molar-refractivity contribution in [1.29, 1.82) is 0 Å². The van der Waals surface area contributed by atoms with Gasteiger partial charge >= 0.3 is 0 Å². The number of rotatable bonds is 3. The van der Waals surface area contributed by atoms with E-state index in [1.54, 1.807) is 0 Å². The van der Waals surface area contributed by atoms with Crippen LogP contribution in [0.5, 0.6) is 5.75 Å². The summed E-state index contributed by atoms with van der Waals surface area (Å²) >= 11 is 3.14. The molecular formula is C13H7BrF5NO. The normalized spacial score (nSPS) is 10.8. The number of ether oxygens (including phenoxy) is 1. The number of benzene rings is 2. The molecule has 0 aliphatic carbocycles. The predicted octanol–water partition coefficient (Wildman–Crippen LogP) is 4.31. The van der Waals surface area contributed by atoms with Crippen molar-refractivity contribution < 1.29 is 26.7 Å². The van der Waals surface area contributed by atoms with E-state index >= 15 is 0 Å². The van der Waals surface area contributed by atoms with Crippen LogP contribution in [0.4, 0.5) is 27.6 Å². The number of anilines is 1. The molecule has 0 saturated heterocycles. The zero-order valence-corrected chi connectivity index (χ0v) is 11.8. The minimum absolute atomic E-state index is 0.404. The molecule has 2 aromatic rings. The SMILES string of the molecule is Nc1ccc(COc2c(F)c(F)c(F)c(F)c2F)c(Br)c1. The number of nitrogen functional groups attached to an aromatic ring is 1. The second-order valence-corrected chi connectivity index (χ2v) is 4.89. The number of hydrogen-bond donors (Lipinski definition) is 1. The average Bonchev–Trinajstić information content (AvgIpc) is 2.45. The number of hydrogen-bond acceptors (Lipinski definition) is 2. The molecule has 0 aliphatic rings. The predicted molar refractivity (Wildman–Crippen MR) is 69.1 cm³/mol. The highest BCUT2D eigenvalue weighted by atomic mass is 79.9. The van der Waals surface area contributed by atoms with Crippen molar-refractivity contribution in [2.45, 2.75) is 6.61 Å². The van der Waals surface area contributed by atoms with Crippen LogP contribution in [0.2, 0.25) is 0 Å². The molecule has 2 aromatic carbocycles. The van der Waals surface area contributed by atoms with Gasteiger partial charge in [-0.05, 0) is 12.1 Å². The maximum atomic E-state index is 13.4.